The highest BCUT2D eigenvalue weighted by molar-refractivity contribution is 5.50. The first-order valence-corrected chi connectivity index (χ1v) is 6.86. The Balaban J connectivity index is 2.53. The van der Waals surface area contributed by atoms with Crippen LogP contribution in [0.15, 0.2) is 30.5 Å². The van der Waals surface area contributed by atoms with Gasteiger partial charge in [-0.15, -0.1) is 0 Å². The summed E-state index contributed by atoms with van der Waals surface area (Å²) in [6.45, 7) is 4.60. The zero-order valence-corrected chi connectivity index (χ0v) is 12.5. The van der Waals surface area contributed by atoms with Crippen LogP contribution >= 0.6 is 0 Å². The normalized spacial score (nSPS) is 12.2. The van der Waals surface area contributed by atoms with Gasteiger partial charge in [-0.1, -0.05) is 13.0 Å². The van der Waals surface area contributed by atoms with Gasteiger partial charge in [-0.05, 0) is 31.2 Å². The Morgan fingerprint density at radius 2 is 2.14 bits per heavy atom. The van der Waals surface area contributed by atoms with Crippen molar-refractivity contribution in [3.63, 3.8) is 0 Å². The predicted octanol–water partition coefficient (Wildman–Crippen LogP) is 2.82. The van der Waals surface area contributed by atoms with Gasteiger partial charge in [0, 0.05) is 23.4 Å². The molecule has 0 radical (unpaired) electrons. The van der Waals surface area contributed by atoms with Gasteiger partial charge in [-0.2, -0.15) is 0 Å². The first-order valence-electron chi connectivity index (χ1n) is 6.86. The molecular weight excluding hydrogens is 269 g/mol. The number of nitrogen functional groups attached to an aromatic ring is 1. The standard InChI is InChI=1S/C16H20FN3O/c1-4-19-15(14-10(2)7-8-20-16(14)18)12-6-5-11(21-3)9-13(12)17/h5-9,15,19H,4H2,1-3H3,(H2,18,20). The number of halogens is 1. The smallest absolute Gasteiger partial charge is 0.132 e. The largest absolute Gasteiger partial charge is 0.497 e. The second kappa shape index (κ2) is 6.54. The van der Waals surface area contributed by atoms with Gasteiger partial charge >= 0.3 is 0 Å². The average Bonchev–Trinajstić information content (AvgIpc) is 2.46. The lowest BCUT2D eigenvalue weighted by molar-refractivity contribution is 0.410. The molecule has 1 atom stereocenters. The summed E-state index contributed by atoms with van der Waals surface area (Å²) >= 11 is 0. The molecule has 1 unspecified atom stereocenters. The quantitative estimate of drug-likeness (QED) is 0.888. The van der Waals surface area contributed by atoms with Crippen LogP contribution in [0.1, 0.15) is 29.7 Å². The van der Waals surface area contributed by atoms with Gasteiger partial charge in [0.15, 0.2) is 0 Å². The molecule has 21 heavy (non-hydrogen) atoms. The number of aryl methyl sites for hydroxylation is 1. The fraction of sp³-hybridized carbons (Fsp3) is 0.312. The van der Waals surface area contributed by atoms with E-state index in [4.69, 9.17) is 10.5 Å². The van der Waals surface area contributed by atoms with Crippen molar-refractivity contribution in [2.45, 2.75) is 19.9 Å². The predicted molar refractivity (Wildman–Crippen MR) is 81.9 cm³/mol. The summed E-state index contributed by atoms with van der Waals surface area (Å²) in [5.74, 6) is 0.571. The molecule has 4 nitrogen and oxygen atoms in total. The van der Waals surface area contributed by atoms with E-state index in [9.17, 15) is 4.39 Å². The summed E-state index contributed by atoms with van der Waals surface area (Å²) in [6, 6.07) is 6.37. The van der Waals surface area contributed by atoms with Crippen molar-refractivity contribution >= 4 is 5.82 Å². The highest BCUT2D eigenvalue weighted by Gasteiger charge is 2.22. The maximum atomic E-state index is 14.4. The van der Waals surface area contributed by atoms with E-state index in [1.54, 1.807) is 18.3 Å². The molecule has 0 saturated heterocycles. The monoisotopic (exact) mass is 289 g/mol. The molecule has 3 N–H and O–H groups in total. The number of ether oxygens (including phenoxy) is 1. The van der Waals surface area contributed by atoms with Crippen molar-refractivity contribution in [2.75, 3.05) is 19.4 Å². The fourth-order valence-electron chi connectivity index (χ4n) is 2.41. The molecular formula is C16H20FN3O. The van der Waals surface area contributed by atoms with Crippen LogP contribution in [0, 0.1) is 12.7 Å². The third kappa shape index (κ3) is 3.13. The fourth-order valence-corrected chi connectivity index (χ4v) is 2.41. The van der Waals surface area contributed by atoms with Crippen LogP contribution < -0.4 is 15.8 Å². The number of pyridine rings is 1. The van der Waals surface area contributed by atoms with E-state index in [1.165, 1.54) is 13.2 Å². The Kier molecular flexibility index (Phi) is 4.75. The molecule has 0 amide bonds. The summed E-state index contributed by atoms with van der Waals surface area (Å²) in [6.07, 6.45) is 1.65. The van der Waals surface area contributed by atoms with Crippen molar-refractivity contribution in [2.24, 2.45) is 0 Å². The average molecular weight is 289 g/mol. The third-order valence-corrected chi connectivity index (χ3v) is 3.45. The Labute approximate surface area is 124 Å². The van der Waals surface area contributed by atoms with Crippen LogP contribution in [-0.4, -0.2) is 18.6 Å². The van der Waals surface area contributed by atoms with Crippen molar-refractivity contribution in [1.82, 2.24) is 10.3 Å². The third-order valence-electron chi connectivity index (χ3n) is 3.45. The molecule has 0 aliphatic heterocycles. The maximum absolute atomic E-state index is 14.4. The van der Waals surface area contributed by atoms with Crippen LogP contribution in [-0.2, 0) is 0 Å². The Morgan fingerprint density at radius 1 is 1.38 bits per heavy atom. The van der Waals surface area contributed by atoms with E-state index in [1.807, 2.05) is 19.9 Å². The van der Waals surface area contributed by atoms with Gasteiger partial charge in [0.05, 0.1) is 13.2 Å². The first kappa shape index (κ1) is 15.3. The molecule has 112 valence electrons. The molecule has 0 saturated carbocycles. The molecule has 5 heteroatoms. The first-order chi connectivity index (χ1) is 10.1. The van der Waals surface area contributed by atoms with E-state index >= 15 is 0 Å². The molecule has 2 aromatic rings. The van der Waals surface area contributed by atoms with Crippen molar-refractivity contribution in [3.8, 4) is 5.75 Å². The van der Waals surface area contributed by atoms with Gasteiger partial charge in [-0.25, -0.2) is 9.37 Å². The highest BCUT2D eigenvalue weighted by atomic mass is 19.1. The van der Waals surface area contributed by atoms with Crippen molar-refractivity contribution < 1.29 is 9.13 Å². The lowest BCUT2D eigenvalue weighted by Crippen LogP contribution is -2.25. The molecule has 0 spiro atoms. The van der Waals surface area contributed by atoms with Crippen LogP contribution in [0.25, 0.3) is 0 Å². The number of nitrogens with one attached hydrogen (secondary N) is 1. The molecule has 1 aromatic heterocycles. The summed E-state index contributed by atoms with van der Waals surface area (Å²) in [5, 5.41) is 3.27. The second-order valence-electron chi connectivity index (χ2n) is 4.80. The molecule has 2 rings (SSSR count). The maximum Gasteiger partial charge on any atom is 0.132 e. The van der Waals surface area contributed by atoms with E-state index in [0.717, 1.165) is 11.1 Å². The number of hydrogen-bond acceptors (Lipinski definition) is 4. The molecule has 1 aromatic carbocycles. The number of benzene rings is 1. The van der Waals surface area contributed by atoms with E-state index in [0.29, 0.717) is 23.7 Å². The van der Waals surface area contributed by atoms with Crippen LogP contribution in [0.4, 0.5) is 10.2 Å². The van der Waals surface area contributed by atoms with Gasteiger partial charge in [0.25, 0.3) is 0 Å². The zero-order valence-electron chi connectivity index (χ0n) is 12.5. The highest BCUT2D eigenvalue weighted by Crippen LogP contribution is 2.31. The topological polar surface area (TPSA) is 60.2 Å². The summed E-state index contributed by atoms with van der Waals surface area (Å²) in [7, 11) is 1.51. The minimum Gasteiger partial charge on any atom is -0.497 e. The van der Waals surface area contributed by atoms with Crippen LogP contribution in [0.3, 0.4) is 0 Å². The van der Waals surface area contributed by atoms with Crippen LogP contribution in [0.5, 0.6) is 5.75 Å². The van der Waals surface area contributed by atoms with E-state index in [2.05, 4.69) is 10.3 Å². The number of aromatic nitrogens is 1. The SMILES string of the molecule is CCNC(c1ccc(OC)cc1F)c1c(C)ccnc1N. The molecule has 0 bridgehead atoms. The Bertz CT molecular complexity index is 611. The summed E-state index contributed by atoms with van der Waals surface area (Å²) in [4.78, 5) is 4.12. The molecule has 0 fully saturated rings. The number of anilines is 1. The van der Waals surface area contributed by atoms with E-state index in [-0.39, 0.29) is 11.9 Å². The van der Waals surface area contributed by atoms with Gasteiger partial charge in [0.2, 0.25) is 0 Å². The number of methoxy groups -OCH3 is 1. The zero-order chi connectivity index (χ0) is 15.4. The van der Waals surface area contributed by atoms with Crippen molar-refractivity contribution in [1.29, 1.82) is 0 Å². The number of nitrogens with zero attached hydrogens (tertiary/aromatic N) is 1. The molecule has 0 aliphatic rings. The minimum absolute atomic E-state index is 0.331. The van der Waals surface area contributed by atoms with E-state index < -0.39 is 0 Å². The van der Waals surface area contributed by atoms with Crippen LogP contribution in [0.2, 0.25) is 0 Å². The lowest BCUT2D eigenvalue weighted by Gasteiger charge is -2.22. The van der Waals surface area contributed by atoms with Gasteiger partial charge in [-0.3, -0.25) is 0 Å². The van der Waals surface area contributed by atoms with Gasteiger partial charge in [0.1, 0.15) is 17.4 Å². The number of nitrogens with two attached hydrogens (primary N) is 1. The minimum atomic E-state index is -0.338. The Hall–Kier alpha value is -2.14. The lowest BCUT2D eigenvalue weighted by atomic mass is 9.95. The second-order valence-corrected chi connectivity index (χ2v) is 4.80. The van der Waals surface area contributed by atoms with Crippen molar-refractivity contribution in [3.05, 3.63) is 53.0 Å². The van der Waals surface area contributed by atoms with Gasteiger partial charge < -0.3 is 15.8 Å². The number of rotatable bonds is 5. The summed E-state index contributed by atoms with van der Waals surface area (Å²) < 4.78 is 19.4. The Morgan fingerprint density at radius 3 is 2.71 bits per heavy atom. The summed E-state index contributed by atoms with van der Waals surface area (Å²) in [5.41, 5.74) is 8.31. The molecule has 1 heterocycles. The number of hydrogen-bond donors (Lipinski definition) is 2. The molecule has 0 aliphatic carbocycles.